The lowest BCUT2D eigenvalue weighted by Crippen LogP contribution is -2.53. The summed E-state index contributed by atoms with van der Waals surface area (Å²) in [5.74, 6) is 0.513. The molecule has 0 aromatic heterocycles. The van der Waals surface area contributed by atoms with Crippen molar-refractivity contribution >= 4 is 11.8 Å². The molecule has 0 N–H and O–H groups in total. The number of carbonyl (C=O) groups excluding carboxylic acids is 2. The summed E-state index contributed by atoms with van der Waals surface area (Å²) in [6.45, 7) is 9.36. The van der Waals surface area contributed by atoms with Crippen molar-refractivity contribution in [1.82, 2.24) is 9.80 Å². The summed E-state index contributed by atoms with van der Waals surface area (Å²) >= 11 is 0. The van der Waals surface area contributed by atoms with Crippen molar-refractivity contribution < 1.29 is 14.3 Å². The Kier molecular flexibility index (Phi) is 5.21. The first-order valence-corrected chi connectivity index (χ1v) is 10.7. The SMILES string of the molecule is Cc1cc(C)cc(C(=O)N2CCC3(CCC(C(=O)N4CCCC4)O3)C(C)C2)c1. The average molecular weight is 385 g/mol. The lowest BCUT2D eigenvalue weighted by Gasteiger charge is -2.44. The Morgan fingerprint density at radius 3 is 2.32 bits per heavy atom. The summed E-state index contributed by atoms with van der Waals surface area (Å²) in [7, 11) is 0. The predicted octanol–water partition coefficient (Wildman–Crippen LogP) is 3.33. The number of nitrogens with zero attached hydrogens (tertiary/aromatic N) is 2. The number of hydrogen-bond donors (Lipinski definition) is 0. The van der Waals surface area contributed by atoms with Crippen molar-refractivity contribution in [3.63, 3.8) is 0 Å². The number of aryl methyl sites for hydroxylation is 2. The molecule has 5 nitrogen and oxygen atoms in total. The maximum Gasteiger partial charge on any atom is 0.253 e. The van der Waals surface area contributed by atoms with Crippen LogP contribution in [0, 0.1) is 19.8 Å². The molecule has 3 fully saturated rings. The molecule has 0 aliphatic carbocycles. The van der Waals surface area contributed by atoms with Crippen LogP contribution in [-0.2, 0) is 9.53 Å². The third-order valence-corrected chi connectivity index (χ3v) is 6.85. The zero-order chi connectivity index (χ0) is 19.9. The maximum absolute atomic E-state index is 13.0. The smallest absolute Gasteiger partial charge is 0.253 e. The third-order valence-electron chi connectivity index (χ3n) is 6.85. The van der Waals surface area contributed by atoms with E-state index in [0.717, 1.165) is 61.9 Å². The van der Waals surface area contributed by atoms with E-state index in [9.17, 15) is 9.59 Å². The third kappa shape index (κ3) is 3.57. The molecular weight excluding hydrogens is 352 g/mol. The summed E-state index contributed by atoms with van der Waals surface area (Å²) in [5.41, 5.74) is 2.76. The molecule has 152 valence electrons. The molecule has 1 spiro atoms. The van der Waals surface area contributed by atoms with Gasteiger partial charge in [0.15, 0.2) is 0 Å². The molecule has 1 aromatic carbocycles. The van der Waals surface area contributed by atoms with Gasteiger partial charge >= 0.3 is 0 Å². The van der Waals surface area contributed by atoms with Gasteiger partial charge < -0.3 is 14.5 Å². The highest BCUT2D eigenvalue weighted by Crippen LogP contribution is 2.43. The van der Waals surface area contributed by atoms with Crippen LogP contribution in [-0.4, -0.2) is 59.5 Å². The van der Waals surface area contributed by atoms with Crippen LogP contribution in [0.15, 0.2) is 18.2 Å². The minimum absolute atomic E-state index is 0.108. The fourth-order valence-corrected chi connectivity index (χ4v) is 5.26. The van der Waals surface area contributed by atoms with Crippen molar-refractivity contribution in [3.8, 4) is 0 Å². The van der Waals surface area contributed by atoms with Crippen LogP contribution in [0.2, 0.25) is 0 Å². The molecule has 3 aliphatic heterocycles. The Morgan fingerprint density at radius 1 is 1.00 bits per heavy atom. The van der Waals surface area contributed by atoms with E-state index in [1.807, 2.05) is 35.8 Å². The van der Waals surface area contributed by atoms with E-state index in [-0.39, 0.29) is 29.4 Å². The second-order valence-electron chi connectivity index (χ2n) is 9.02. The number of hydrogen-bond acceptors (Lipinski definition) is 3. The molecule has 1 aromatic rings. The quantitative estimate of drug-likeness (QED) is 0.786. The number of ether oxygens (including phenoxy) is 1. The van der Waals surface area contributed by atoms with Gasteiger partial charge in [0.05, 0.1) is 5.60 Å². The van der Waals surface area contributed by atoms with Gasteiger partial charge in [0.1, 0.15) is 6.10 Å². The van der Waals surface area contributed by atoms with Crippen LogP contribution in [0.5, 0.6) is 0 Å². The van der Waals surface area contributed by atoms with Gasteiger partial charge in [-0.05, 0) is 58.1 Å². The molecule has 3 unspecified atom stereocenters. The first-order valence-electron chi connectivity index (χ1n) is 10.7. The zero-order valence-electron chi connectivity index (χ0n) is 17.4. The van der Waals surface area contributed by atoms with E-state index >= 15 is 0 Å². The van der Waals surface area contributed by atoms with Crippen molar-refractivity contribution in [2.75, 3.05) is 26.2 Å². The van der Waals surface area contributed by atoms with Gasteiger partial charge in [0, 0.05) is 37.7 Å². The van der Waals surface area contributed by atoms with Gasteiger partial charge in [-0.25, -0.2) is 0 Å². The topological polar surface area (TPSA) is 49.9 Å². The molecule has 0 radical (unpaired) electrons. The van der Waals surface area contributed by atoms with Crippen molar-refractivity contribution in [2.45, 2.75) is 64.6 Å². The zero-order valence-corrected chi connectivity index (χ0v) is 17.4. The van der Waals surface area contributed by atoms with Crippen LogP contribution < -0.4 is 0 Å². The summed E-state index contributed by atoms with van der Waals surface area (Å²) in [6, 6.07) is 6.04. The first kappa shape index (κ1) is 19.4. The highest BCUT2D eigenvalue weighted by atomic mass is 16.5. The summed E-state index contributed by atoms with van der Waals surface area (Å²) in [5, 5.41) is 0. The normalized spacial score (nSPS) is 30.2. The number of rotatable bonds is 2. The Hall–Kier alpha value is -1.88. The Labute approximate surface area is 168 Å². The molecule has 4 rings (SSSR count). The Bertz CT molecular complexity index is 751. The molecule has 3 aliphatic rings. The van der Waals surface area contributed by atoms with E-state index in [2.05, 4.69) is 13.0 Å². The van der Waals surface area contributed by atoms with Crippen molar-refractivity contribution in [1.29, 1.82) is 0 Å². The van der Waals surface area contributed by atoms with Gasteiger partial charge in [-0.3, -0.25) is 9.59 Å². The summed E-state index contributed by atoms with van der Waals surface area (Å²) in [6.07, 6.45) is 4.47. The van der Waals surface area contributed by atoms with E-state index in [4.69, 9.17) is 4.74 Å². The second kappa shape index (κ2) is 7.51. The number of carbonyl (C=O) groups is 2. The molecule has 2 amide bonds. The number of likely N-dealkylation sites (tertiary alicyclic amines) is 2. The highest BCUT2D eigenvalue weighted by molar-refractivity contribution is 5.94. The van der Waals surface area contributed by atoms with Crippen LogP contribution in [0.1, 0.15) is 60.5 Å². The van der Waals surface area contributed by atoms with E-state index in [1.165, 1.54) is 0 Å². The molecule has 0 bridgehead atoms. The van der Waals surface area contributed by atoms with E-state index in [1.54, 1.807) is 0 Å². The van der Waals surface area contributed by atoms with Gasteiger partial charge in [0.25, 0.3) is 11.8 Å². The van der Waals surface area contributed by atoms with Crippen LogP contribution in [0.25, 0.3) is 0 Å². The number of amides is 2. The summed E-state index contributed by atoms with van der Waals surface area (Å²) in [4.78, 5) is 29.7. The number of benzene rings is 1. The second-order valence-corrected chi connectivity index (χ2v) is 9.02. The lowest BCUT2D eigenvalue weighted by atomic mass is 9.80. The molecule has 5 heteroatoms. The van der Waals surface area contributed by atoms with Crippen LogP contribution in [0.3, 0.4) is 0 Å². The lowest BCUT2D eigenvalue weighted by molar-refractivity contribution is -0.154. The average Bonchev–Trinajstić information content (AvgIpc) is 3.33. The Morgan fingerprint density at radius 2 is 1.68 bits per heavy atom. The Balaban J connectivity index is 1.41. The van der Waals surface area contributed by atoms with Gasteiger partial charge in [0.2, 0.25) is 0 Å². The summed E-state index contributed by atoms with van der Waals surface area (Å²) < 4.78 is 6.42. The largest absolute Gasteiger partial charge is 0.362 e. The fourth-order valence-electron chi connectivity index (χ4n) is 5.26. The monoisotopic (exact) mass is 384 g/mol. The minimum Gasteiger partial charge on any atom is -0.362 e. The van der Waals surface area contributed by atoms with E-state index < -0.39 is 0 Å². The standard InChI is InChI=1S/C23H32N2O3/c1-16-12-17(2)14-19(13-16)21(26)25-11-8-23(18(3)15-25)7-6-20(28-23)22(27)24-9-4-5-10-24/h12-14,18,20H,4-11,15H2,1-3H3. The molecule has 28 heavy (non-hydrogen) atoms. The van der Waals surface area contributed by atoms with E-state index in [0.29, 0.717) is 13.1 Å². The predicted molar refractivity (Wildman–Crippen MR) is 108 cm³/mol. The minimum atomic E-state index is -0.290. The fraction of sp³-hybridized carbons (Fsp3) is 0.652. The van der Waals surface area contributed by atoms with Gasteiger partial charge in [-0.1, -0.05) is 24.1 Å². The molecular formula is C23H32N2O3. The number of piperidine rings is 1. The van der Waals surface area contributed by atoms with Crippen LogP contribution in [0.4, 0.5) is 0 Å². The van der Waals surface area contributed by atoms with Gasteiger partial charge in [-0.2, -0.15) is 0 Å². The first-order chi connectivity index (χ1) is 13.4. The molecule has 3 atom stereocenters. The van der Waals surface area contributed by atoms with Gasteiger partial charge in [-0.15, -0.1) is 0 Å². The molecule has 3 heterocycles. The van der Waals surface area contributed by atoms with Crippen LogP contribution >= 0.6 is 0 Å². The highest BCUT2D eigenvalue weighted by Gasteiger charge is 2.50. The van der Waals surface area contributed by atoms with Crippen molar-refractivity contribution in [2.24, 2.45) is 5.92 Å². The molecule has 0 saturated carbocycles. The van der Waals surface area contributed by atoms with Crippen molar-refractivity contribution in [3.05, 3.63) is 34.9 Å². The molecule has 3 saturated heterocycles. The maximum atomic E-state index is 13.0.